The molecule has 5 N–H and O–H groups in total. The van der Waals surface area contributed by atoms with Crippen LogP contribution in [0.25, 0.3) is 0 Å². The van der Waals surface area contributed by atoms with Gasteiger partial charge in [-0.05, 0) is 24.0 Å². The van der Waals surface area contributed by atoms with Crippen LogP contribution in [0.4, 0.5) is 17.6 Å². The predicted molar refractivity (Wildman–Crippen MR) is 93.2 cm³/mol. The van der Waals surface area contributed by atoms with Gasteiger partial charge in [-0.1, -0.05) is 43.8 Å². The highest BCUT2D eigenvalue weighted by atomic mass is 32.2. The summed E-state index contributed by atoms with van der Waals surface area (Å²) in [4.78, 5) is 23.8. The summed E-state index contributed by atoms with van der Waals surface area (Å²) in [6, 6.07) is 6.06. The average Bonchev–Trinajstić information content (AvgIpc) is 2.52. The van der Waals surface area contributed by atoms with Crippen LogP contribution in [0, 0.1) is 0 Å². The van der Waals surface area contributed by atoms with Crippen LogP contribution < -0.4 is 16.8 Å². The second-order valence-electron chi connectivity index (χ2n) is 4.83. The molecule has 8 heteroatoms. The Labute approximate surface area is 139 Å². The van der Waals surface area contributed by atoms with Crippen LogP contribution in [-0.2, 0) is 17.6 Å². The molecule has 0 radical (unpaired) electrons. The van der Waals surface area contributed by atoms with E-state index in [0.29, 0.717) is 5.16 Å². The van der Waals surface area contributed by atoms with Gasteiger partial charge in [-0.3, -0.25) is 4.79 Å². The minimum atomic E-state index is -0.122. The summed E-state index contributed by atoms with van der Waals surface area (Å²) in [7, 11) is 0. The van der Waals surface area contributed by atoms with Gasteiger partial charge in [0.25, 0.3) is 0 Å². The molecule has 0 unspecified atom stereocenters. The smallest absolute Gasteiger partial charge is 0.234 e. The molecule has 1 aromatic heterocycles. The summed E-state index contributed by atoms with van der Waals surface area (Å²) in [6.07, 6.45) is 1.72. The van der Waals surface area contributed by atoms with E-state index in [1.807, 2.05) is 18.2 Å². The molecule has 0 saturated heterocycles. The highest BCUT2D eigenvalue weighted by molar-refractivity contribution is 7.99. The largest absolute Gasteiger partial charge is 0.368 e. The number of rotatable bonds is 6. The number of nitrogens with one attached hydrogen (secondary N) is 1. The zero-order valence-electron chi connectivity index (χ0n) is 13.2. The number of aryl methyl sites for hydroxylation is 2. The molecule has 122 valence electrons. The Bertz CT molecular complexity index is 664. The number of aromatic nitrogens is 3. The number of anilines is 3. The first-order valence-electron chi connectivity index (χ1n) is 7.33. The molecule has 0 spiro atoms. The number of nitrogens with zero attached hydrogens (tertiary/aromatic N) is 3. The molecule has 0 aliphatic rings. The lowest BCUT2D eigenvalue weighted by Crippen LogP contribution is -2.17. The Hall–Kier alpha value is -2.35. The fourth-order valence-electron chi connectivity index (χ4n) is 2.16. The monoisotopic (exact) mass is 332 g/mol. The van der Waals surface area contributed by atoms with Crippen LogP contribution in [-0.4, -0.2) is 26.6 Å². The number of hydrogen-bond acceptors (Lipinski definition) is 7. The molecule has 0 aliphatic heterocycles. The third-order valence-electron chi connectivity index (χ3n) is 3.25. The molecule has 1 amide bonds. The van der Waals surface area contributed by atoms with E-state index in [4.69, 9.17) is 11.5 Å². The molecular weight excluding hydrogens is 312 g/mol. The molecule has 1 heterocycles. The van der Waals surface area contributed by atoms with Gasteiger partial charge < -0.3 is 16.8 Å². The van der Waals surface area contributed by atoms with Crippen LogP contribution in [0.2, 0.25) is 0 Å². The minimum absolute atomic E-state index is 0.0463. The lowest BCUT2D eigenvalue weighted by molar-refractivity contribution is -0.113. The maximum Gasteiger partial charge on any atom is 0.234 e. The van der Waals surface area contributed by atoms with E-state index >= 15 is 0 Å². The van der Waals surface area contributed by atoms with Crippen LogP contribution in [0.5, 0.6) is 0 Å². The van der Waals surface area contributed by atoms with Crippen molar-refractivity contribution in [1.29, 1.82) is 0 Å². The van der Waals surface area contributed by atoms with Crippen LogP contribution in [0.3, 0.4) is 0 Å². The highest BCUT2D eigenvalue weighted by Crippen LogP contribution is 2.23. The molecule has 2 aromatic rings. The Morgan fingerprint density at radius 1 is 1.09 bits per heavy atom. The SMILES string of the molecule is CCc1cccc(CC)c1NC(=O)CSc1nc(N)nc(N)n1. The fourth-order valence-corrected chi connectivity index (χ4v) is 2.81. The van der Waals surface area contributed by atoms with Crippen LogP contribution in [0.1, 0.15) is 25.0 Å². The summed E-state index contributed by atoms with van der Waals surface area (Å²) in [6.45, 7) is 4.13. The standard InChI is InChI=1S/C15H20N6OS/c1-3-9-6-5-7-10(4-2)12(9)18-11(22)8-23-15-20-13(16)19-14(17)21-15/h5-7H,3-4,8H2,1-2H3,(H,18,22)(H4,16,17,19,20,21). The Kier molecular flexibility index (Phi) is 5.75. The first-order chi connectivity index (χ1) is 11.0. The molecule has 1 aromatic carbocycles. The van der Waals surface area contributed by atoms with E-state index in [0.717, 1.165) is 29.7 Å². The van der Waals surface area contributed by atoms with Gasteiger partial charge in [0.1, 0.15) is 0 Å². The van der Waals surface area contributed by atoms with Crippen molar-refractivity contribution in [2.75, 3.05) is 22.5 Å². The molecule has 0 bridgehead atoms. The van der Waals surface area contributed by atoms with Crippen molar-refractivity contribution >= 4 is 35.3 Å². The van der Waals surface area contributed by atoms with Gasteiger partial charge in [-0.15, -0.1) is 0 Å². The van der Waals surface area contributed by atoms with Gasteiger partial charge in [0.15, 0.2) is 5.16 Å². The van der Waals surface area contributed by atoms with Crippen LogP contribution >= 0.6 is 11.8 Å². The van der Waals surface area contributed by atoms with E-state index in [2.05, 4.69) is 34.1 Å². The zero-order valence-corrected chi connectivity index (χ0v) is 14.0. The Morgan fingerprint density at radius 3 is 2.17 bits per heavy atom. The second kappa shape index (κ2) is 7.77. The fraction of sp³-hybridized carbons (Fsp3) is 0.333. The van der Waals surface area contributed by atoms with E-state index in [9.17, 15) is 4.79 Å². The van der Waals surface area contributed by atoms with Crippen molar-refractivity contribution in [2.24, 2.45) is 0 Å². The number of para-hydroxylation sites is 1. The summed E-state index contributed by atoms with van der Waals surface area (Å²) in [5, 5.41) is 3.32. The molecule has 23 heavy (non-hydrogen) atoms. The number of carbonyl (C=O) groups excluding carboxylic acids is 1. The Balaban J connectivity index is 2.05. The molecule has 0 atom stereocenters. The third-order valence-corrected chi connectivity index (χ3v) is 4.09. The number of carbonyl (C=O) groups is 1. The zero-order chi connectivity index (χ0) is 16.8. The van der Waals surface area contributed by atoms with Gasteiger partial charge >= 0.3 is 0 Å². The molecule has 7 nitrogen and oxygen atoms in total. The molecular formula is C15H20N6OS. The van der Waals surface area contributed by atoms with E-state index < -0.39 is 0 Å². The van der Waals surface area contributed by atoms with Crippen molar-refractivity contribution < 1.29 is 4.79 Å². The van der Waals surface area contributed by atoms with Crippen molar-refractivity contribution in [3.05, 3.63) is 29.3 Å². The van der Waals surface area contributed by atoms with E-state index in [1.165, 1.54) is 11.8 Å². The normalized spacial score (nSPS) is 10.5. The van der Waals surface area contributed by atoms with Gasteiger partial charge in [0.05, 0.1) is 5.75 Å². The number of thioether (sulfide) groups is 1. The minimum Gasteiger partial charge on any atom is -0.368 e. The molecule has 0 saturated carbocycles. The molecule has 0 aliphatic carbocycles. The maximum absolute atomic E-state index is 12.2. The summed E-state index contributed by atoms with van der Waals surface area (Å²) < 4.78 is 0. The highest BCUT2D eigenvalue weighted by Gasteiger charge is 2.11. The number of hydrogen-bond donors (Lipinski definition) is 3. The van der Waals surface area contributed by atoms with E-state index in [1.54, 1.807) is 0 Å². The molecule has 2 rings (SSSR count). The number of amides is 1. The van der Waals surface area contributed by atoms with Crippen molar-refractivity contribution in [3.63, 3.8) is 0 Å². The number of benzene rings is 1. The summed E-state index contributed by atoms with van der Waals surface area (Å²) >= 11 is 1.17. The lowest BCUT2D eigenvalue weighted by atomic mass is 10.0. The van der Waals surface area contributed by atoms with Gasteiger partial charge in [-0.25, -0.2) is 0 Å². The first-order valence-corrected chi connectivity index (χ1v) is 8.32. The Morgan fingerprint density at radius 2 is 1.65 bits per heavy atom. The van der Waals surface area contributed by atoms with Gasteiger partial charge in [0.2, 0.25) is 17.8 Å². The van der Waals surface area contributed by atoms with Gasteiger partial charge in [-0.2, -0.15) is 15.0 Å². The predicted octanol–water partition coefficient (Wildman–Crippen LogP) is 1.89. The first kappa shape index (κ1) is 17.0. The summed E-state index contributed by atoms with van der Waals surface area (Å²) in [5.41, 5.74) is 14.2. The van der Waals surface area contributed by atoms with Crippen molar-refractivity contribution in [2.45, 2.75) is 31.8 Å². The maximum atomic E-state index is 12.2. The van der Waals surface area contributed by atoms with E-state index in [-0.39, 0.29) is 23.6 Å². The van der Waals surface area contributed by atoms with Crippen molar-refractivity contribution in [3.8, 4) is 0 Å². The number of nitrogens with two attached hydrogens (primary N) is 2. The van der Waals surface area contributed by atoms with Gasteiger partial charge in [0, 0.05) is 5.69 Å². The molecule has 0 fully saturated rings. The number of nitrogen functional groups attached to an aromatic ring is 2. The third kappa shape index (κ3) is 4.56. The van der Waals surface area contributed by atoms with Crippen molar-refractivity contribution in [1.82, 2.24) is 15.0 Å². The second-order valence-corrected chi connectivity index (χ2v) is 5.77. The van der Waals surface area contributed by atoms with Crippen LogP contribution in [0.15, 0.2) is 23.4 Å². The quantitative estimate of drug-likeness (QED) is 0.691. The topological polar surface area (TPSA) is 120 Å². The summed E-state index contributed by atoms with van der Waals surface area (Å²) in [5.74, 6) is 0.141. The average molecular weight is 332 g/mol. The lowest BCUT2D eigenvalue weighted by Gasteiger charge is -2.14.